The SMILES string of the molecule is O=C(O)c1cnn(-c2cccc(-c3cc(Cl)cc(Cl)c3)n2)c1C(F)(F)F. The zero-order chi connectivity index (χ0) is 19.1. The summed E-state index contributed by atoms with van der Waals surface area (Å²) in [7, 11) is 0. The highest BCUT2D eigenvalue weighted by atomic mass is 35.5. The Morgan fingerprint density at radius 3 is 2.35 bits per heavy atom. The van der Waals surface area contributed by atoms with Gasteiger partial charge in [-0.15, -0.1) is 0 Å². The van der Waals surface area contributed by atoms with E-state index in [1.54, 1.807) is 18.2 Å². The van der Waals surface area contributed by atoms with Crippen LogP contribution >= 0.6 is 23.2 Å². The molecular formula is C16H8Cl2F3N3O2. The van der Waals surface area contributed by atoms with Crippen molar-refractivity contribution in [1.29, 1.82) is 0 Å². The molecule has 2 heterocycles. The van der Waals surface area contributed by atoms with Gasteiger partial charge >= 0.3 is 12.1 Å². The molecule has 0 aliphatic heterocycles. The Labute approximate surface area is 154 Å². The van der Waals surface area contributed by atoms with Crippen molar-refractivity contribution in [2.75, 3.05) is 0 Å². The summed E-state index contributed by atoms with van der Waals surface area (Å²) in [6.07, 6.45) is -4.29. The topological polar surface area (TPSA) is 68.0 Å². The third kappa shape index (κ3) is 3.51. The van der Waals surface area contributed by atoms with Crippen molar-refractivity contribution in [3.05, 3.63) is 63.9 Å². The third-order valence-corrected chi connectivity index (χ3v) is 3.81. The highest BCUT2D eigenvalue weighted by Crippen LogP contribution is 2.34. The van der Waals surface area contributed by atoms with E-state index >= 15 is 0 Å². The molecule has 0 amide bonds. The lowest BCUT2D eigenvalue weighted by atomic mass is 10.1. The number of benzene rings is 1. The maximum atomic E-state index is 13.3. The van der Waals surface area contributed by atoms with E-state index in [0.29, 0.717) is 32.2 Å². The van der Waals surface area contributed by atoms with E-state index in [-0.39, 0.29) is 5.82 Å². The molecular weight excluding hydrogens is 394 g/mol. The molecule has 0 spiro atoms. The predicted molar refractivity (Wildman–Crippen MR) is 88.8 cm³/mol. The summed E-state index contributed by atoms with van der Waals surface area (Å²) < 4.78 is 40.4. The Morgan fingerprint density at radius 2 is 1.77 bits per heavy atom. The first-order valence-electron chi connectivity index (χ1n) is 6.99. The number of carbonyl (C=O) groups is 1. The Balaban J connectivity index is 2.16. The number of aromatic carboxylic acids is 1. The van der Waals surface area contributed by atoms with Gasteiger partial charge in [-0.2, -0.15) is 18.3 Å². The first kappa shape index (κ1) is 18.2. The molecule has 134 valence electrons. The van der Waals surface area contributed by atoms with Crippen molar-refractivity contribution in [3.63, 3.8) is 0 Å². The largest absolute Gasteiger partial charge is 0.478 e. The lowest BCUT2D eigenvalue weighted by Gasteiger charge is -2.12. The molecule has 0 radical (unpaired) electrons. The molecule has 0 unspecified atom stereocenters. The molecule has 0 aliphatic carbocycles. The van der Waals surface area contributed by atoms with Gasteiger partial charge in [0.15, 0.2) is 11.5 Å². The van der Waals surface area contributed by atoms with Crippen LogP contribution in [-0.2, 0) is 6.18 Å². The van der Waals surface area contributed by atoms with Crippen molar-refractivity contribution in [1.82, 2.24) is 14.8 Å². The quantitative estimate of drug-likeness (QED) is 0.673. The number of carboxylic acids is 1. The van der Waals surface area contributed by atoms with Gasteiger partial charge in [0.2, 0.25) is 0 Å². The fourth-order valence-corrected chi connectivity index (χ4v) is 2.88. The van der Waals surface area contributed by atoms with Crippen molar-refractivity contribution < 1.29 is 23.1 Å². The van der Waals surface area contributed by atoms with Gasteiger partial charge in [-0.1, -0.05) is 29.3 Å². The maximum Gasteiger partial charge on any atom is 0.434 e. The monoisotopic (exact) mass is 401 g/mol. The standard InChI is InChI=1S/C16H8Cl2F3N3O2/c17-9-4-8(5-10(18)6-9)12-2-1-3-13(23-12)24-14(16(19,20)21)11(7-22-24)15(25)26/h1-7H,(H,25,26). The maximum absolute atomic E-state index is 13.3. The molecule has 3 aromatic rings. The van der Waals surface area contributed by atoms with E-state index in [9.17, 15) is 18.0 Å². The molecule has 10 heteroatoms. The highest BCUT2D eigenvalue weighted by Gasteiger charge is 2.41. The number of halogens is 5. The van der Waals surface area contributed by atoms with E-state index in [2.05, 4.69) is 10.1 Å². The number of hydrogen-bond donors (Lipinski definition) is 1. The summed E-state index contributed by atoms with van der Waals surface area (Å²) in [5.74, 6) is -1.93. The van der Waals surface area contributed by atoms with Gasteiger partial charge in [-0.25, -0.2) is 14.5 Å². The molecule has 0 bridgehead atoms. The molecule has 2 aromatic heterocycles. The van der Waals surface area contributed by atoms with Crippen LogP contribution in [-0.4, -0.2) is 25.8 Å². The molecule has 0 fully saturated rings. The van der Waals surface area contributed by atoms with Crippen molar-refractivity contribution >= 4 is 29.2 Å². The normalized spacial score (nSPS) is 11.6. The van der Waals surface area contributed by atoms with Crippen LogP contribution in [0.3, 0.4) is 0 Å². The molecule has 1 aromatic carbocycles. The van der Waals surface area contributed by atoms with Crippen molar-refractivity contribution in [3.8, 4) is 17.1 Å². The van der Waals surface area contributed by atoms with Gasteiger partial charge in [0.1, 0.15) is 5.56 Å². The molecule has 1 N–H and O–H groups in total. The minimum atomic E-state index is -4.93. The summed E-state index contributed by atoms with van der Waals surface area (Å²) in [5, 5.41) is 13.2. The van der Waals surface area contributed by atoms with Crippen molar-refractivity contribution in [2.24, 2.45) is 0 Å². The first-order valence-corrected chi connectivity index (χ1v) is 7.75. The molecule has 5 nitrogen and oxygen atoms in total. The average molecular weight is 402 g/mol. The minimum Gasteiger partial charge on any atom is -0.478 e. The summed E-state index contributed by atoms with van der Waals surface area (Å²) >= 11 is 11.9. The molecule has 0 saturated heterocycles. The number of pyridine rings is 1. The van der Waals surface area contributed by atoms with Gasteiger partial charge in [-0.05, 0) is 30.3 Å². The molecule has 0 saturated carbocycles. The molecule has 0 aliphatic rings. The zero-order valence-electron chi connectivity index (χ0n) is 12.6. The average Bonchev–Trinajstić information content (AvgIpc) is 2.99. The van der Waals surface area contributed by atoms with Gasteiger partial charge < -0.3 is 5.11 Å². The number of aromatic nitrogens is 3. The fourth-order valence-electron chi connectivity index (χ4n) is 2.36. The van der Waals surface area contributed by atoms with Gasteiger partial charge in [0.25, 0.3) is 0 Å². The predicted octanol–water partition coefficient (Wildman–Crippen LogP) is 4.96. The Morgan fingerprint density at radius 1 is 1.12 bits per heavy atom. The van der Waals surface area contributed by atoms with Crippen LogP contribution in [0.4, 0.5) is 13.2 Å². The first-order chi connectivity index (χ1) is 12.2. The van der Waals surface area contributed by atoms with Gasteiger partial charge in [0.05, 0.1) is 11.9 Å². The molecule has 0 atom stereocenters. The van der Waals surface area contributed by atoms with Gasteiger partial charge in [-0.3, -0.25) is 0 Å². The third-order valence-electron chi connectivity index (χ3n) is 3.38. The summed E-state index contributed by atoms with van der Waals surface area (Å²) in [4.78, 5) is 15.2. The number of hydrogen-bond acceptors (Lipinski definition) is 3. The minimum absolute atomic E-state index is 0.196. The number of carboxylic acid groups (broad SMARTS) is 1. The fraction of sp³-hybridized carbons (Fsp3) is 0.0625. The van der Waals surface area contributed by atoms with Crippen LogP contribution in [0, 0.1) is 0 Å². The van der Waals surface area contributed by atoms with Crippen LogP contribution in [0.1, 0.15) is 16.1 Å². The van der Waals surface area contributed by atoms with E-state index < -0.39 is 23.4 Å². The summed E-state index contributed by atoms with van der Waals surface area (Å²) in [5.41, 5.74) is -1.59. The van der Waals surface area contributed by atoms with E-state index in [0.717, 1.165) is 0 Å². The van der Waals surface area contributed by atoms with E-state index in [4.69, 9.17) is 28.3 Å². The van der Waals surface area contributed by atoms with Crippen molar-refractivity contribution in [2.45, 2.75) is 6.18 Å². The second-order valence-electron chi connectivity index (χ2n) is 5.16. The van der Waals surface area contributed by atoms with Gasteiger partial charge in [0, 0.05) is 15.6 Å². The smallest absolute Gasteiger partial charge is 0.434 e. The van der Waals surface area contributed by atoms with Crippen LogP contribution in [0.5, 0.6) is 0 Å². The van der Waals surface area contributed by atoms with Crippen LogP contribution in [0.25, 0.3) is 17.1 Å². The van der Waals surface area contributed by atoms with Crippen LogP contribution < -0.4 is 0 Å². The number of nitrogens with zero attached hydrogens (tertiary/aromatic N) is 3. The molecule has 3 rings (SSSR count). The zero-order valence-corrected chi connectivity index (χ0v) is 14.1. The number of rotatable bonds is 3. The van der Waals surface area contributed by atoms with Crippen LogP contribution in [0.2, 0.25) is 10.0 Å². The Bertz CT molecular complexity index is 982. The van der Waals surface area contributed by atoms with Crippen LogP contribution in [0.15, 0.2) is 42.6 Å². The Kier molecular flexibility index (Phi) is 4.64. The Hall–Kier alpha value is -2.58. The second-order valence-corrected chi connectivity index (χ2v) is 6.03. The second kappa shape index (κ2) is 6.62. The lowest BCUT2D eigenvalue weighted by Crippen LogP contribution is -2.18. The summed E-state index contributed by atoms with van der Waals surface area (Å²) in [6, 6.07) is 8.91. The number of alkyl halides is 3. The van der Waals surface area contributed by atoms with E-state index in [1.807, 2.05) is 0 Å². The lowest BCUT2D eigenvalue weighted by molar-refractivity contribution is -0.143. The highest BCUT2D eigenvalue weighted by molar-refractivity contribution is 6.35. The van der Waals surface area contributed by atoms with E-state index in [1.165, 1.54) is 18.2 Å². The molecule has 26 heavy (non-hydrogen) atoms. The summed E-state index contributed by atoms with van der Waals surface area (Å²) in [6.45, 7) is 0.